The van der Waals surface area contributed by atoms with Crippen LogP contribution in [0.2, 0.25) is 0 Å². The third-order valence-corrected chi connectivity index (χ3v) is 6.70. The maximum atomic E-state index is 14.1. The summed E-state index contributed by atoms with van der Waals surface area (Å²) < 4.78 is 14.1. The zero-order valence-electron chi connectivity index (χ0n) is 17.5. The Kier molecular flexibility index (Phi) is 5.89. The first-order valence-corrected chi connectivity index (χ1v) is 11.0. The molecule has 1 aliphatic heterocycles. The minimum absolute atomic E-state index is 0.0408. The number of hydrogen-bond donors (Lipinski definition) is 1. The first-order chi connectivity index (χ1) is 14.6. The molecule has 1 saturated carbocycles. The summed E-state index contributed by atoms with van der Waals surface area (Å²) in [6.45, 7) is 2.92. The number of nitrogens with zero attached hydrogens (tertiary/aromatic N) is 1. The standard InChI is InChI=1S/C25H29FN2O2/c1-2-3-16-28-24(30)20-12-6-5-11-19(20)22(25(28)14-8-9-15-25)23(29)27-17-18-10-4-7-13-21(18)26/h4-7,10-13,22H,2-3,8-9,14-17H2,1H3,(H,27,29)/t22-/m1/s1. The fraction of sp³-hybridized carbons (Fsp3) is 0.440. The molecule has 0 saturated heterocycles. The zero-order valence-corrected chi connectivity index (χ0v) is 17.5. The molecule has 2 aliphatic rings. The predicted molar refractivity (Wildman–Crippen MR) is 115 cm³/mol. The van der Waals surface area contributed by atoms with Crippen molar-refractivity contribution >= 4 is 11.8 Å². The second-order valence-corrected chi connectivity index (χ2v) is 8.45. The summed E-state index contributed by atoms with van der Waals surface area (Å²) in [5, 5.41) is 2.98. The maximum absolute atomic E-state index is 14.1. The van der Waals surface area contributed by atoms with Crippen LogP contribution in [-0.2, 0) is 11.3 Å². The number of carbonyl (C=O) groups excluding carboxylic acids is 2. The molecule has 0 radical (unpaired) electrons. The van der Waals surface area contributed by atoms with Gasteiger partial charge in [-0.25, -0.2) is 4.39 Å². The molecule has 2 amide bonds. The smallest absolute Gasteiger partial charge is 0.254 e. The van der Waals surface area contributed by atoms with E-state index in [4.69, 9.17) is 0 Å². The average molecular weight is 409 g/mol. The van der Waals surface area contributed by atoms with Gasteiger partial charge in [0.05, 0.1) is 11.5 Å². The highest BCUT2D eigenvalue weighted by molar-refractivity contribution is 6.02. The third kappa shape index (κ3) is 3.51. The van der Waals surface area contributed by atoms with Gasteiger partial charge in [0.15, 0.2) is 0 Å². The lowest BCUT2D eigenvalue weighted by atomic mass is 9.71. The first kappa shape index (κ1) is 20.6. The normalized spacial score (nSPS) is 19.7. The molecule has 1 atom stereocenters. The number of halogens is 1. The molecule has 4 nitrogen and oxygen atoms in total. The SMILES string of the molecule is CCCCN1C(=O)c2ccccc2[C@H](C(=O)NCc2ccccc2F)C12CCCC2. The van der Waals surface area contributed by atoms with E-state index in [9.17, 15) is 14.0 Å². The monoisotopic (exact) mass is 408 g/mol. The quantitative estimate of drug-likeness (QED) is 0.747. The van der Waals surface area contributed by atoms with Crippen molar-refractivity contribution in [1.29, 1.82) is 0 Å². The largest absolute Gasteiger partial charge is 0.351 e. The molecule has 1 spiro atoms. The van der Waals surface area contributed by atoms with Crippen molar-refractivity contribution in [3.63, 3.8) is 0 Å². The molecule has 2 aromatic rings. The number of hydrogen-bond acceptors (Lipinski definition) is 2. The summed E-state index contributed by atoms with van der Waals surface area (Å²) in [4.78, 5) is 29.0. The summed E-state index contributed by atoms with van der Waals surface area (Å²) in [5.41, 5.74) is 1.41. The second kappa shape index (κ2) is 8.58. The van der Waals surface area contributed by atoms with E-state index in [1.165, 1.54) is 6.07 Å². The third-order valence-electron chi connectivity index (χ3n) is 6.70. The number of benzene rings is 2. The molecule has 0 bridgehead atoms. The van der Waals surface area contributed by atoms with Crippen LogP contribution in [0, 0.1) is 5.82 Å². The minimum atomic E-state index is -0.486. The van der Waals surface area contributed by atoms with Crippen LogP contribution < -0.4 is 5.32 Å². The lowest BCUT2D eigenvalue weighted by Crippen LogP contribution is -2.60. The highest BCUT2D eigenvalue weighted by Gasteiger charge is 2.55. The fourth-order valence-electron chi connectivity index (χ4n) is 5.23. The second-order valence-electron chi connectivity index (χ2n) is 8.45. The van der Waals surface area contributed by atoms with Gasteiger partial charge >= 0.3 is 0 Å². The van der Waals surface area contributed by atoms with Gasteiger partial charge in [0.2, 0.25) is 5.91 Å². The van der Waals surface area contributed by atoms with Crippen LogP contribution >= 0.6 is 0 Å². The molecule has 1 heterocycles. The number of nitrogens with one attached hydrogen (secondary N) is 1. The lowest BCUT2D eigenvalue weighted by Gasteiger charge is -2.50. The van der Waals surface area contributed by atoms with E-state index in [1.807, 2.05) is 29.2 Å². The van der Waals surface area contributed by atoms with Crippen molar-refractivity contribution in [3.05, 3.63) is 71.0 Å². The molecule has 1 aliphatic carbocycles. The van der Waals surface area contributed by atoms with Gasteiger partial charge in [-0.3, -0.25) is 9.59 Å². The van der Waals surface area contributed by atoms with Crippen molar-refractivity contribution in [2.75, 3.05) is 6.54 Å². The van der Waals surface area contributed by atoms with Gasteiger partial charge in [0.1, 0.15) is 5.82 Å². The molecule has 4 rings (SSSR count). The van der Waals surface area contributed by atoms with E-state index >= 15 is 0 Å². The summed E-state index contributed by atoms with van der Waals surface area (Å²) >= 11 is 0. The Bertz CT molecular complexity index is 936. The molecule has 1 N–H and O–H groups in total. The molecule has 1 fully saturated rings. The highest BCUT2D eigenvalue weighted by Crippen LogP contribution is 2.50. The van der Waals surface area contributed by atoms with Crippen molar-refractivity contribution in [3.8, 4) is 0 Å². The van der Waals surface area contributed by atoms with Gasteiger partial charge in [0, 0.05) is 24.2 Å². The molecule has 0 aromatic heterocycles. The number of carbonyl (C=O) groups is 2. The number of fused-ring (bicyclic) bond motifs is 1. The van der Waals surface area contributed by atoms with Crippen molar-refractivity contribution in [2.45, 2.75) is 63.5 Å². The van der Waals surface area contributed by atoms with Gasteiger partial charge in [-0.2, -0.15) is 0 Å². The summed E-state index contributed by atoms with van der Waals surface area (Å²) in [7, 11) is 0. The molecule has 158 valence electrons. The predicted octanol–water partition coefficient (Wildman–Crippen LogP) is 4.79. The van der Waals surface area contributed by atoms with Gasteiger partial charge in [-0.05, 0) is 37.0 Å². The summed E-state index contributed by atoms with van der Waals surface area (Å²) in [6, 6.07) is 14.0. The van der Waals surface area contributed by atoms with Crippen LogP contribution in [0.25, 0.3) is 0 Å². The Morgan fingerprint density at radius 3 is 2.57 bits per heavy atom. The van der Waals surface area contributed by atoms with Crippen LogP contribution in [0.1, 0.15) is 72.9 Å². The summed E-state index contributed by atoms with van der Waals surface area (Å²) in [5.74, 6) is -0.838. The van der Waals surface area contributed by atoms with Gasteiger partial charge in [-0.1, -0.05) is 62.6 Å². The van der Waals surface area contributed by atoms with E-state index in [2.05, 4.69) is 12.2 Å². The Morgan fingerprint density at radius 1 is 1.13 bits per heavy atom. The van der Waals surface area contributed by atoms with Crippen LogP contribution in [0.4, 0.5) is 4.39 Å². The molecule has 0 unspecified atom stereocenters. The van der Waals surface area contributed by atoms with E-state index in [0.717, 1.165) is 44.1 Å². The van der Waals surface area contributed by atoms with Crippen LogP contribution in [0.5, 0.6) is 0 Å². The van der Waals surface area contributed by atoms with Gasteiger partial charge < -0.3 is 10.2 Å². The molecular formula is C25H29FN2O2. The number of unbranched alkanes of at least 4 members (excludes halogenated alkanes) is 1. The van der Waals surface area contributed by atoms with E-state index in [0.29, 0.717) is 17.7 Å². The molecule has 5 heteroatoms. The lowest BCUT2D eigenvalue weighted by molar-refractivity contribution is -0.126. The average Bonchev–Trinajstić information content (AvgIpc) is 3.23. The molecule has 30 heavy (non-hydrogen) atoms. The Hall–Kier alpha value is -2.69. The van der Waals surface area contributed by atoms with Crippen LogP contribution in [-0.4, -0.2) is 28.8 Å². The van der Waals surface area contributed by atoms with E-state index < -0.39 is 11.5 Å². The van der Waals surface area contributed by atoms with E-state index in [1.54, 1.807) is 18.2 Å². The van der Waals surface area contributed by atoms with Crippen molar-refractivity contribution < 1.29 is 14.0 Å². The fourth-order valence-corrected chi connectivity index (χ4v) is 5.23. The van der Waals surface area contributed by atoms with Crippen LogP contribution in [0.3, 0.4) is 0 Å². The number of amides is 2. The maximum Gasteiger partial charge on any atom is 0.254 e. The first-order valence-electron chi connectivity index (χ1n) is 11.0. The number of rotatable bonds is 6. The minimum Gasteiger partial charge on any atom is -0.351 e. The molecular weight excluding hydrogens is 379 g/mol. The summed E-state index contributed by atoms with van der Waals surface area (Å²) in [6.07, 6.45) is 5.58. The molecule has 2 aromatic carbocycles. The highest BCUT2D eigenvalue weighted by atomic mass is 19.1. The van der Waals surface area contributed by atoms with Crippen molar-refractivity contribution in [2.24, 2.45) is 0 Å². The van der Waals surface area contributed by atoms with Crippen molar-refractivity contribution in [1.82, 2.24) is 10.2 Å². The Balaban J connectivity index is 1.71. The van der Waals surface area contributed by atoms with Gasteiger partial charge in [-0.15, -0.1) is 0 Å². The topological polar surface area (TPSA) is 49.4 Å². The Morgan fingerprint density at radius 2 is 1.83 bits per heavy atom. The van der Waals surface area contributed by atoms with Gasteiger partial charge in [0.25, 0.3) is 5.91 Å². The Labute approximate surface area is 177 Å². The van der Waals surface area contributed by atoms with E-state index in [-0.39, 0.29) is 24.2 Å². The zero-order chi connectivity index (χ0) is 21.1. The van der Waals surface area contributed by atoms with Crippen LogP contribution in [0.15, 0.2) is 48.5 Å².